The van der Waals surface area contributed by atoms with E-state index in [1.54, 1.807) is 31.6 Å². The van der Waals surface area contributed by atoms with Crippen molar-refractivity contribution in [1.82, 2.24) is 20.2 Å². The van der Waals surface area contributed by atoms with Crippen LogP contribution in [-0.2, 0) is 4.74 Å². The van der Waals surface area contributed by atoms with Gasteiger partial charge in [-0.1, -0.05) is 6.07 Å². The number of rotatable bonds is 4. The van der Waals surface area contributed by atoms with Crippen molar-refractivity contribution in [1.29, 1.82) is 0 Å². The van der Waals surface area contributed by atoms with E-state index in [4.69, 9.17) is 4.74 Å². The Kier molecular flexibility index (Phi) is 3.75. The molecule has 0 aliphatic carbocycles. The van der Waals surface area contributed by atoms with Crippen molar-refractivity contribution in [3.63, 3.8) is 0 Å². The van der Waals surface area contributed by atoms with E-state index in [1.165, 1.54) is 0 Å². The molecule has 0 aliphatic heterocycles. The number of aromatic nitrogens is 4. The van der Waals surface area contributed by atoms with Gasteiger partial charge in [0.15, 0.2) is 0 Å². The molecule has 2 aromatic heterocycles. The summed E-state index contributed by atoms with van der Waals surface area (Å²) in [5.41, 5.74) is 0.819. The standard InChI is InChI=1S/C11H11N5O2/c1-2-18-10(17)9-14-11(16-15-9)13-7-8-4-3-5-12-6-8/h3-7H,2H2,1H3,(H,14,15,16). The summed E-state index contributed by atoms with van der Waals surface area (Å²) in [4.78, 5) is 23.2. The first kappa shape index (κ1) is 11.9. The number of aromatic amines is 1. The summed E-state index contributed by atoms with van der Waals surface area (Å²) in [5.74, 6) is -0.343. The van der Waals surface area contributed by atoms with Gasteiger partial charge in [-0.15, -0.1) is 5.10 Å². The number of nitrogens with one attached hydrogen (secondary N) is 1. The first-order chi connectivity index (χ1) is 8.79. The molecule has 1 N–H and O–H groups in total. The molecule has 0 saturated heterocycles. The predicted molar refractivity (Wildman–Crippen MR) is 63.8 cm³/mol. The van der Waals surface area contributed by atoms with Gasteiger partial charge in [0, 0.05) is 24.2 Å². The molecule has 7 nitrogen and oxygen atoms in total. The maximum Gasteiger partial charge on any atom is 0.375 e. The van der Waals surface area contributed by atoms with Crippen molar-refractivity contribution in [3.8, 4) is 0 Å². The van der Waals surface area contributed by atoms with Crippen LogP contribution in [0.2, 0.25) is 0 Å². The molecular formula is C11H11N5O2. The zero-order valence-corrected chi connectivity index (χ0v) is 9.70. The van der Waals surface area contributed by atoms with Crippen LogP contribution >= 0.6 is 0 Å². The van der Waals surface area contributed by atoms with Gasteiger partial charge >= 0.3 is 5.97 Å². The summed E-state index contributed by atoms with van der Waals surface area (Å²) in [6.45, 7) is 2.00. The van der Waals surface area contributed by atoms with Crippen LogP contribution < -0.4 is 0 Å². The number of carbonyl (C=O) groups excluding carboxylic acids is 1. The topological polar surface area (TPSA) is 93.1 Å². The Morgan fingerprint density at radius 1 is 1.61 bits per heavy atom. The van der Waals surface area contributed by atoms with Crippen molar-refractivity contribution in [2.75, 3.05) is 6.61 Å². The molecule has 0 spiro atoms. The van der Waals surface area contributed by atoms with E-state index in [0.717, 1.165) is 5.56 Å². The quantitative estimate of drug-likeness (QED) is 0.643. The molecule has 0 aromatic carbocycles. The Morgan fingerprint density at radius 3 is 3.22 bits per heavy atom. The van der Waals surface area contributed by atoms with Gasteiger partial charge in [0.2, 0.25) is 5.82 Å². The summed E-state index contributed by atoms with van der Waals surface area (Å²) in [5, 5.41) is 6.24. The van der Waals surface area contributed by atoms with Crippen LogP contribution in [-0.4, -0.2) is 39.0 Å². The summed E-state index contributed by atoms with van der Waals surface area (Å²) in [6.07, 6.45) is 4.89. The molecule has 0 amide bonds. The van der Waals surface area contributed by atoms with Gasteiger partial charge in [0.05, 0.1) is 6.61 Å². The van der Waals surface area contributed by atoms with Gasteiger partial charge in [-0.3, -0.25) is 10.1 Å². The Hall–Kier alpha value is -2.57. The van der Waals surface area contributed by atoms with Crippen LogP contribution in [0.5, 0.6) is 0 Å². The normalized spacial score (nSPS) is 10.7. The lowest BCUT2D eigenvalue weighted by Crippen LogP contribution is -2.06. The number of esters is 1. The number of nitrogens with zero attached hydrogens (tertiary/aromatic N) is 4. The third-order valence-electron chi connectivity index (χ3n) is 1.96. The average molecular weight is 245 g/mol. The highest BCUT2D eigenvalue weighted by Crippen LogP contribution is 2.04. The fraction of sp³-hybridized carbons (Fsp3) is 0.182. The van der Waals surface area contributed by atoms with Gasteiger partial charge in [-0.05, 0) is 13.0 Å². The van der Waals surface area contributed by atoms with Crippen molar-refractivity contribution in [2.45, 2.75) is 6.92 Å². The zero-order chi connectivity index (χ0) is 12.8. The van der Waals surface area contributed by atoms with Crippen LogP contribution in [0.15, 0.2) is 29.5 Å². The highest BCUT2D eigenvalue weighted by molar-refractivity contribution is 5.85. The van der Waals surface area contributed by atoms with Crippen LogP contribution in [0.1, 0.15) is 23.1 Å². The molecule has 2 aromatic rings. The third-order valence-corrected chi connectivity index (χ3v) is 1.96. The smallest absolute Gasteiger partial charge is 0.375 e. The van der Waals surface area contributed by atoms with Gasteiger partial charge in [-0.25, -0.2) is 9.79 Å². The molecular weight excluding hydrogens is 234 g/mol. The number of ether oxygens (including phenoxy) is 1. The first-order valence-electron chi connectivity index (χ1n) is 5.33. The maximum absolute atomic E-state index is 11.3. The van der Waals surface area contributed by atoms with Crippen LogP contribution in [0, 0.1) is 0 Å². The zero-order valence-electron chi connectivity index (χ0n) is 9.70. The second kappa shape index (κ2) is 5.67. The molecule has 0 aliphatic rings. The number of pyridine rings is 1. The molecule has 18 heavy (non-hydrogen) atoms. The number of hydrogen-bond acceptors (Lipinski definition) is 6. The second-order valence-corrected chi connectivity index (χ2v) is 3.25. The van der Waals surface area contributed by atoms with Crippen molar-refractivity contribution in [3.05, 3.63) is 35.9 Å². The second-order valence-electron chi connectivity index (χ2n) is 3.25. The van der Waals surface area contributed by atoms with Gasteiger partial charge in [0.1, 0.15) is 0 Å². The van der Waals surface area contributed by atoms with Crippen molar-refractivity contribution >= 4 is 18.1 Å². The lowest BCUT2D eigenvalue weighted by Gasteiger charge is -1.94. The molecule has 0 bridgehead atoms. The minimum Gasteiger partial charge on any atom is -0.460 e. The van der Waals surface area contributed by atoms with Crippen molar-refractivity contribution < 1.29 is 9.53 Å². The SMILES string of the molecule is CCOC(=O)c1nc(N=Cc2cccnc2)n[nH]1. The largest absolute Gasteiger partial charge is 0.460 e. The summed E-state index contributed by atoms with van der Waals surface area (Å²) < 4.78 is 4.77. The highest BCUT2D eigenvalue weighted by atomic mass is 16.5. The Labute approximate surface area is 103 Å². The highest BCUT2D eigenvalue weighted by Gasteiger charge is 2.11. The monoisotopic (exact) mass is 245 g/mol. The van der Waals surface area contributed by atoms with Crippen LogP contribution in [0.25, 0.3) is 0 Å². The molecule has 0 radical (unpaired) electrons. The molecule has 0 saturated carbocycles. The number of H-pyrrole nitrogens is 1. The van der Waals surface area contributed by atoms with E-state index in [9.17, 15) is 4.79 Å². The fourth-order valence-corrected chi connectivity index (χ4v) is 1.19. The molecule has 7 heteroatoms. The first-order valence-corrected chi connectivity index (χ1v) is 5.33. The van der Waals surface area contributed by atoms with E-state index in [0.29, 0.717) is 0 Å². The van der Waals surface area contributed by atoms with E-state index >= 15 is 0 Å². The minimum absolute atomic E-state index is 0.0372. The van der Waals surface area contributed by atoms with Crippen LogP contribution in [0.3, 0.4) is 0 Å². The van der Waals surface area contributed by atoms with E-state index in [1.807, 2.05) is 6.07 Å². The molecule has 0 atom stereocenters. The Morgan fingerprint density at radius 2 is 2.50 bits per heavy atom. The maximum atomic E-state index is 11.3. The van der Waals surface area contributed by atoms with Gasteiger partial charge in [0.25, 0.3) is 5.95 Å². The third kappa shape index (κ3) is 2.97. The minimum atomic E-state index is -0.548. The average Bonchev–Trinajstić information content (AvgIpc) is 2.87. The number of hydrogen-bond donors (Lipinski definition) is 1. The molecule has 0 unspecified atom stereocenters. The van der Waals surface area contributed by atoms with E-state index < -0.39 is 5.97 Å². The molecule has 92 valence electrons. The Balaban J connectivity index is 2.07. The summed E-state index contributed by atoms with van der Waals surface area (Å²) in [7, 11) is 0. The van der Waals surface area contributed by atoms with Gasteiger partial charge < -0.3 is 4.74 Å². The summed E-state index contributed by atoms with van der Waals surface area (Å²) in [6, 6.07) is 3.64. The Bertz CT molecular complexity index is 550. The summed E-state index contributed by atoms with van der Waals surface area (Å²) >= 11 is 0. The lowest BCUT2D eigenvalue weighted by molar-refractivity contribution is 0.0512. The molecule has 2 rings (SSSR count). The van der Waals surface area contributed by atoms with E-state index in [2.05, 4.69) is 25.2 Å². The fourth-order valence-electron chi connectivity index (χ4n) is 1.19. The lowest BCUT2D eigenvalue weighted by atomic mass is 10.3. The van der Waals surface area contributed by atoms with E-state index in [-0.39, 0.29) is 18.4 Å². The van der Waals surface area contributed by atoms with Crippen molar-refractivity contribution in [2.24, 2.45) is 4.99 Å². The predicted octanol–water partition coefficient (Wildman–Crippen LogP) is 1.13. The molecule has 2 heterocycles. The van der Waals surface area contributed by atoms with Crippen LogP contribution in [0.4, 0.5) is 5.95 Å². The number of aliphatic imine (C=N–C) groups is 1. The molecule has 0 fully saturated rings. The number of carbonyl (C=O) groups is 1. The van der Waals surface area contributed by atoms with Gasteiger partial charge in [-0.2, -0.15) is 4.98 Å².